The summed E-state index contributed by atoms with van der Waals surface area (Å²) in [6, 6.07) is 7.52. The monoisotopic (exact) mass is 628 g/mol. The molecule has 0 radical (unpaired) electrons. The molecule has 3 atom stereocenters. The SMILES string of the molecule is Cc1ccc(NC(=O)c2cc(Br)cc(O[C@@H](C)CC(O)CC(C)C3CC3)c2NC(=O)C2CCN(C(C)C)CC2)nc1. The lowest BCUT2D eigenvalue weighted by Crippen LogP contribution is -2.41. The molecule has 1 saturated carbocycles. The lowest BCUT2D eigenvalue weighted by atomic mass is 9.94. The Hall–Kier alpha value is -2.49. The molecule has 1 aromatic carbocycles. The highest BCUT2D eigenvalue weighted by Crippen LogP contribution is 2.39. The fourth-order valence-electron chi connectivity index (χ4n) is 5.64. The number of piperidine rings is 1. The molecule has 2 aliphatic rings. The summed E-state index contributed by atoms with van der Waals surface area (Å²) in [6.07, 6.45) is 6.10. The van der Waals surface area contributed by atoms with E-state index in [4.69, 9.17) is 4.74 Å². The summed E-state index contributed by atoms with van der Waals surface area (Å²) in [5.74, 6) is 1.36. The zero-order chi connectivity index (χ0) is 29.7. The number of carbonyl (C=O) groups is 2. The first kappa shape index (κ1) is 31.4. The van der Waals surface area contributed by atoms with Crippen molar-refractivity contribution < 1.29 is 19.4 Å². The summed E-state index contributed by atoms with van der Waals surface area (Å²) >= 11 is 3.53. The molecule has 2 aromatic rings. The Morgan fingerprint density at radius 3 is 2.39 bits per heavy atom. The fraction of sp³-hybridized carbons (Fsp3) is 0.594. The molecule has 2 unspecified atom stereocenters. The molecule has 0 bridgehead atoms. The van der Waals surface area contributed by atoms with E-state index in [2.05, 4.69) is 57.2 Å². The number of anilines is 2. The average Bonchev–Trinajstić information content (AvgIpc) is 3.77. The summed E-state index contributed by atoms with van der Waals surface area (Å²) in [5, 5.41) is 16.7. The number of aliphatic hydroxyl groups excluding tert-OH is 1. The second-order valence-electron chi connectivity index (χ2n) is 12.3. The van der Waals surface area contributed by atoms with Crippen molar-refractivity contribution in [3.05, 3.63) is 46.1 Å². The normalized spacial score (nSPS) is 18.5. The molecule has 3 N–H and O–H groups in total. The zero-order valence-electron chi connectivity index (χ0n) is 25.0. The van der Waals surface area contributed by atoms with Crippen molar-refractivity contribution in [1.29, 1.82) is 0 Å². The predicted octanol–water partition coefficient (Wildman–Crippen LogP) is 6.42. The van der Waals surface area contributed by atoms with Crippen molar-refractivity contribution in [2.45, 2.75) is 91.4 Å². The highest BCUT2D eigenvalue weighted by Gasteiger charge is 2.31. The van der Waals surface area contributed by atoms with Crippen molar-refractivity contribution in [3.8, 4) is 5.75 Å². The molecule has 0 spiro atoms. The van der Waals surface area contributed by atoms with Gasteiger partial charge in [-0.05, 0) is 108 Å². The molecule has 2 amide bonds. The first-order valence-electron chi connectivity index (χ1n) is 15.0. The van der Waals surface area contributed by atoms with E-state index in [0.29, 0.717) is 40.1 Å². The largest absolute Gasteiger partial charge is 0.488 e. The number of likely N-dealkylation sites (tertiary alicyclic amines) is 1. The van der Waals surface area contributed by atoms with Crippen molar-refractivity contribution >= 4 is 39.2 Å². The van der Waals surface area contributed by atoms with E-state index in [1.165, 1.54) is 12.8 Å². The molecule has 41 heavy (non-hydrogen) atoms. The lowest BCUT2D eigenvalue weighted by molar-refractivity contribution is -0.121. The molecule has 1 aromatic heterocycles. The molecule has 1 saturated heterocycles. The maximum atomic E-state index is 13.5. The predicted molar refractivity (Wildman–Crippen MR) is 166 cm³/mol. The summed E-state index contributed by atoms with van der Waals surface area (Å²) in [4.78, 5) is 33.7. The van der Waals surface area contributed by atoms with E-state index in [0.717, 1.165) is 43.8 Å². The first-order chi connectivity index (χ1) is 19.5. The molecule has 4 rings (SSSR count). The molecule has 2 heterocycles. The van der Waals surface area contributed by atoms with Gasteiger partial charge in [0.25, 0.3) is 5.91 Å². The minimum absolute atomic E-state index is 0.117. The van der Waals surface area contributed by atoms with Crippen molar-refractivity contribution in [1.82, 2.24) is 9.88 Å². The van der Waals surface area contributed by atoms with Gasteiger partial charge in [-0.2, -0.15) is 0 Å². The number of benzene rings is 1. The summed E-state index contributed by atoms with van der Waals surface area (Å²) < 4.78 is 6.99. The number of nitrogens with zero attached hydrogens (tertiary/aromatic N) is 2. The Labute approximate surface area is 252 Å². The highest BCUT2D eigenvalue weighted by atomic mass is 79.9. The molecule has 9 heteroatoms. The van der Waals surface area contributed by atoms with Crippen LogP contribution in [0.5, 0.6) is 5.75 Å². The molecular formula is C32H45BrN4O4. The third-order valence-electron chi connectivity index (χ3n) is 8.35. The molecule has 1 aliphatic heterocycles. The minimum atomic E-state index is -0.479. The maximum absolute atomic E-state index is 13.5. The van der Waals surface area contributed by atoms with E-state index in [1.54, 1.807) is 24.4 Å². The van der Waals surface area contributed by atoms with Gasteiger partial charge in [0.2, 0.25) is 5.91 Å². The number of amides is 2. The highest BCUT2D eigenvalue weighted by molar-refractivity contribution is 9.10. The standard InChI is InChI=1S/C32H45BrN4O4/c1-19(2)37-12-10-24(11-13-37)31(39)36-30-27(32(40)35-29-9-6-20(3)18-34-29)16-25(33)17-28(30)41-22(5)15-26(38)14-21(4)23-7-8-23/h6,9,16-19,21-24,26,38H,7-8,10-15H2,1-5H3,(H,36,39)(H,34,35,40)/t21?,22-,26?/m0/s1. The third kappa shape index (κ3) is 9.00. The summed E-state index contributed by atoms with van der Waals surface area (Å²) in [5.41, 5.74) is 1.60. The fourth-order valence-corrected chi connectivity index (χ4v) is 6.08. The van der Waals surface area contributed by atoms with Crippen LogP contribution in [0.3, 0.4) is 0 Å². The van der Waals surface area contributed by atoms with Crippen LogP contribution < -0.4 is 15.4 Å². The van der Waals surface area contributed by atoms with Crippen molar-refractivity contribution in [2.75, 3.05) is 23.7 Å². The van der Waals surface area contributed by atoms with Gasteiger partial charge in [0.1, 0.15) is 11.6 Å². The number of aromatic nitrogens is 1. The van der Waals surface area contributed by atoms with Gasteiger partial charge in [0.05, 0.1) is 23.5 Å². The van der Waals surface area contributed by atoms with Crippen LogP contribution in [0.15, 0.2) is 34.9 Å². The van der Waals surface area contributed by atoms with Gasteiger partial charge in [0, 0.05) is 29.1 Å². The second-order valence-corrected chi connectivity index (χ2v) is 13.2. The molecule has 1 aliphatic carbocycles. The number of halogens is 1. The van der Waals surface area contributed by atoms with Gasteiger partial charge in [-0.3, -0.25) is 9.59 Å². The topological polar surface area (TPSA) is 104 Å². The van der Waals surface area contributed by atoms with Gasteiger partial charge >= 0.3 is 0 Å². The van der Waals surface area contributed by atoms with Crippen LogP contribution in [-0.2, 0) is 4.79 Å². The Morgan fingerprint density at radius 1 is 1.07 bits per heavy atom. The van der Waals surface area contributed by atoms with Crippen LogP contribution in [0.25, 0.3) is 0 Å². The van der Waals surface area contributed by atoms with Crippen LogP contribution in [0, 0.1) is 24.7 Å². The maximum Gasteiger partial charge on any atom is 0.259 e. The van der Waals surface area contributed by atoms with Crippen LogP contribution >= 0.6 is 15.9 Å². The molecule has 224 valence electrons. The Balaban J connectivity index is 1.55. The number of carbonyl (C=O) groups excluding carboxylic acids is 2. The van der Waals surface area contributed by atoms with E-state index >= 15 is 0 Å². The Kier molecular flexibility index (Phi) is 10.8. The Bertz CT molecular complexity index is 1190. The summed E-state index contributed by atoms with van der Waals surface area (Å²) in [6.45, 7) is 12.1. The number of ether oxygens (including phenoxy) is 1. The number of pyridine rings is 1. The van der Waals surface area contributed by atoms with Crippen LogP contribution in [0.2, 0.25) is 0 Å². The van der Waals surface area contributed by atoms with E-state index in [9.17, 15) is 14.7 Å². The van der Waals surface area contributed by atoms with Crippen LogP contribution in [0.4, 0.5) is 11.5 Å². The molecule has 2 fully saturated rings. The third-order valence-corrected chi connectivity index (χ3v) is 8.80. The quantitative estimate of drug-likeness (QED) is 0.251. The van der Waals surface area contributed by atoms with Crippen LogP contribution in [-0.4, -0.2) is 58.1 Å². The smallest absolute Gasteiger partial charge is 0.259 e. The van der Waals surface area contributed by atoms with Gasteiger partial charge < -0.3 is 25.4 Å². The van der Waals surface area contributed by atoms with E-state index < -0.39 is 12.0 Å². The number of hydrogen-bond acceptors (Lipinski definition) is 6. The summed E-state index contributed by atoms with van der Waals surface area (Å²) in [7, 11) is 0. The van der Waals surface area contributed by atoms with Crippen molar-refractivity contribution in [2.24, 2.45) is 17.8 Å². The molecule has 8 nitrogen and oxygen atoms in total. The Morgan fingerprint density at radius 2 is 1.78 bits per heavy atom. The van der Waals surface area contributed by atoms with Gasteiger partial charge in [-0.25, -0.2) is 4.98 Å². The van der Waals surface area contributed by atoms with E-state index in [1.807, 2.05) is 19.9 Å². The van der Waals surface area contributed by atoms with Crippen molar-refractivity contribution in [3.63, 3.8) is 0 Å². The number of aliphatic hydroxyl groups is 1. The van der Waals surface area contributed by atoms with Crippen LogP contribution in [0.1, 0.15) is 82.1 Å². The zero-order valence-corrected chi connectivity index (χ0v) is 26.5. The van der Waals surface area contributed by atoms with Gasteiger partial charge in [-0.1, -0.05) is 28.9 Å². The number of rotatable bonds is 12. The van der Waals surface area contributed by atoms with E-state index in [-0.39, 0.29) is 23.5 Å². The average molecular weight is 630 g/mol. The number of hydrogen-bond donors (Lipinski definition) is 3. The second kappa shape index (κ2) is 14.1. The lowest BCUT2D eigenvalue weighted by Gasteiger charge is -2.34. The van der Waals surface area contributed by atoms with Gasteiger partial charge in [0.15, 0.2) is 0 Å². The first-order valence-corrected chi connectivity index (χ1v) is 15.8. The molecular weight excluding hydrogens is 584 g/mol. The van der Waals surface area contributed by atoms with Gasteiger partial charge in [-0.15, -0.1) is 0 Å². The number of aryl methyl sites for hydroxylation is 1. The number of nitrogens with one attached hydrogen (secondary N) is 2. The minimum Gasteiger partial charge on any atom is -0.488 e.